The molecule has 90 valence electrons. The van der Waals surface area contributed by atoms with E-state index in [1.807, 2.05) is 0 Å². The van der Waals surface area contributed by atoms with Gasteiger partial charge in [-0.05, 0) is 18.0 Å². The Balaban J connectivity index is 2.58. The number of hydrogen-bond donors (Lipinski definition) is 1. The van der Waals surface area contributed by atoms with E-state index in [4.69, 9.17) is 4.74 Å². The van der Waals surface area contributed by atoms with E-state index in [2.05, 4.69) is 15.3 Å². The molecule has 7 nitrogen and oxygen atoms in total. The number of nitrogens with one attached hydrogen (secondary N) is 1. The van der Waals surface area contributed by atoms with E-state index in [0.717, 1.165) is 12.8 Å². The van der Waals surface area contributed by atoms with Crippen molar-refractivity contribution in [2.45, 2.75) is 12.8 Å². The smallest absolute Gasteiger partial charge is 0.433 e. The van der Waals surface area contributed by atoms with Crippen LogP contribution in [0, 0.1) is 0 Å². The SMILES string of the molecule is CNC(=O)ON=C(OC)C(=O)N1CCCC1. The molecule has 16 heavy (non-hydrogen) atoms. The summed E-state index contributed by atoms with van der Waals surface area (Å²) in [5, 5.41) is 5.55. The molecule has 1 aliphatic rings. The number of carbonyl (C=O) groups is 2. The highest BCUT2D eigenvalue weighted by Gasteiger charge is 2.24. The van der Waals surface area contributed by atoms with Crippen molar-refractivity contribution in [2.75, 3.05) is 27.2 Å². The average Bonchev–Trinajstić information content (AvgIpc) is 2.82. The number of rotatable bonds is 1. The van der Waals surface area contributed by atoms with Gasteiger partial charge in [-0.3, -0.25) is 9.63 Å². The molecule has 0 aromatic carbocycles. The summed E-state index contributed by atoms with van der Waals surface area (Å²) in [6, 6.07) is 0. The highest BCUT2D eigenvalue weighted by molar-refractivity contribution is 6.35. The number of methoxy groups -OCH3 is 1. The third kappa shape index (κ3) is 3.11. The fourth-order valence-electron chi connectivity index (χ4n) is 1.35. The van der Waals surface area contributed by atoms with Crippen molar-refractivity contribution >= 4 is 17.9 Å². The predicted octanol–water partition coefficient (Wildman–Crippen LogP) is -0.0753. The predicted molar refractivity (Wildman–Crippen MR) is 55.8 cm³/mol. The first-order valence-corrected chi connectivity index (χ1v) is 4.99. The Labute approximate surface area is 93.4 Å². The van der Waals surface area contributed by atoms with Gasteiger partial charge < -0.3 is 15.0 Å². The second kappa shape index (κ2) is 5.94. The van der Waals surface area contributed by atoms with Gasteiger partial charge in [0.05, 0.1) is 7.11 Å². The van der Waals surface area contributed by atoms with Gasteiger partial charge in [0.2, 0.25) is 0 Å². The van der Waals surface area contributed by atoms with E-state index in [1.54, 1.807) is 4.90 Å². The number of ether oxygens (including phenoxy) is 1. The van der Waals surface area contributed by atoms with E-state index in [1.165, 1.54) is 14.2 Å². The zero-order valence-corrected chi connectivity index (χ0v) is 9.36. The molecule has 0 aliphatic carbocycles. The maximum atomic E-state index is 11.7. The minimum atomic E-state index is -0.747. The third-order valence-corrected chi connectivity index (χ3v) is 2.19. The molecule has 1 heterocycles. The molecule has 1 saturated heterocycles. The molecule has 1 aliphatic heterocycles. The second-order valence-electron chi connectivity index (χ2n) is 3.23. The Morgan fingerprint density at radius 3 is 2.44 bits per heavy atom. The molecule has 1 N–H and O–H groups in total. The van der Waals surface area contributed by atoms with Crippen LogP contribution in [0.4, 0.5) is 4.79 Å². The van der Waals surface area contributed by atoms with Crippen LogP contribution in [0.15, 0.2) is 5.16 Å². The molecular weight excluding hydrogens is 214 g/mol. The summed E-state index contributed by atoms with van der Waals surface area (Å²) >= 11 is 0. The number of carbonyl (C=O) groups excluding carboxylic acids is 2. The van der Waals surface area contributed by atoms with E-state index in [9.17, 15) is 9.59 Å². The number of likely N-dealkylation sites (tertiary alicyclic amines) is 1. The third-order valence-electron chi connectivity index (χ3n) is 2.19. The largest absolute Gasteiger partial charge is 0.475 e. The Morgan fingerprint density at radius 1 is 1.31 bits per heavy atom. The fraction of sp³-hybridized carbons (Fsp3) is 0.667. The second-order valence-corrected chi connectivity index (χ2v) is 3.23. The van der Waals surface area contributed by atoms with E-state index < -0.39 is 6.09 Å². The van der Waals surface area contributed by atoms with Gasteiger partial charge in [-0.15, -0.1) is 0 Å². The van der Waals surface area contributed by atoms with Crippen molar-refractivity contribution in [3.8, 4) is 0 Å². The molecule has 0 spiro atoms. The number of nitrogens with zero attached hydrogens (tertiary/aromatic N) is 2. The molecule has 0 aromatic heterocycles. The molecule has 7 heteroatoms. The normalized spacial score (nSPS) is 15.9. The van der Waals surface area contributed by atoms with Crippen molar-refractivity contribution < 1.29 is 19.2 Å². The van der Waals surface area contributed by atoms with Crippen LogP contribution in [0.3, 0.4) is 0 Å². The number of hydrogen-bond acceptors (Lipinski definition) is 5. The summed E-state index contributed by atoms with van der Waals surface area (Å²) in [4.78, 5) is 28.5. The zero-order chi connectivity index (χ0) is 12.0. The Kier molecular flexibility index (Phi) is 4.56. The van der Waals surface area contributed by atoms with Gasteiger partial charge in [0.25, 0.3) is 0 Å². The van der Waals surface area contributed by atoms with Crippen LogP contribution in [0.1, 0.15) is 12.8 Å². The van der Waals surface area contributed by atoms with Gasteiger partial charge in [-0.2, -0.15) is 0 Å². The molecular formula is C9H15N3O4. The standard InChI is InChI=1S/C9H15N3O4/c1-10-9(14)16-11-7(15-2)8(13)12-5-3-4-6-12/h3-6H2,1-2H3,(H,10,14). The summed E-state index contributed by atoms with van der Waals surface area (Å²) in [6.45, 7) is 1.36. The van der Waals surface area contributed by atoms with Crippen LogP contribution in [-0.2, 0) is 14.4 Å². The molecule has 0 unspecified atom stereocenters. The summed E-state index contributed by atoms with van der Waals surface area (Å²) in [6.07, 6.45) is 1.20. The minimum Gasteiger partial charge on any atom is -0.475 e. The molecule has 0 atom stereocenters. The molecule has 1 fully saturated rings. The lowest BCUT2D eigenvalue weighted by atomic mass is 10.4. The zero-order valence-electron chi connectivity index (χ0n) is 9.36. The van der Waals surface area contributed by atoms with Gasteiger partial charge >= 0.3 is 17.9 Å². The average molecular weight is 229 g/mol. The van der Waals surface area contributed by atoms with E-state index >= 15 is 0 Å². The topological polar surface area (TPSA) is 80.2 Å². The lowest BCUT2D eigenvalue weighted by Gasteiger charge is -2.14. The molecule has 1 rings (SSSR count). The lowest BCUT2D eigenvalue weighted by Crippen LogP contribution is -2.35. The molecule has 0 aromatic rings. The van der Waals surface area contributed by atoms with Crippen molar-refractivity contribution in [1.82, 2.24) is 10.2 Å². The van der Waals surface area contributed by atoms with Gasteiger partial charge in [0.15, 0.2) is 0 Å². The molecule has 0 saturated carbocycles. The first kappa shape index (κ1) is 12.3. The quantitative estimate of drug-likeness (QED) is 0.295. The highest BCUT2D eigenvalue weighted by atomic mass is 16.7. The fourth-order valence-corrected chi connectivity index (χ4v) is 1.35. The van der Waals surface area contributed by atoms with Crippen LogP contribution in [0.5, 0.6) is 0 Å². The van der Waals surface area contributed by atoms with Crippen LogP contribution in [0.2, 0.25) is 0 Å². The van der Waals surface area contributed by atoms with Crippen LogP contribution < -0.4 is 5.32 Å². The maximum absolute atomic E-state index is 11.7. The van der Waals surface area contributed by atoms with Crippen molar-refractivity contribution in [3.63, 3.8) is 0 Å². The van der Waals surface area contributed by atoms with Gasteiger partial charge in [0, 0.05) is 20.1 Å². The van der Waals surface area contributed by atoms with Crippen LogP contribution in [-0.4, -0.2) is 50.0 Å². The van der Waals surface area contributed by atoms with Crippen LogP contribution in [0.25, 0.3) is 0 Å². The lowest BCUT2D eigenvalue weighted by molar-refractivity contribution is -0.124. The maximum Gasteiger partial charge on any atom is 0.433 e. The molecule has 0 bridgehead atoms. The molecule has 2 amide bonds. The monoisotopic (exact) mass is 229 g/mol. The first-order chi connectivity index (χ1) is 7.69. The highest BCUT2D eigenvalue weighted by Crippen LogP contribution is 2.08. The minimum absolute atomic E-state index is 0.217. The molecule has 0 radical (unpaired) electrons. The van der Waals surface area contributed by atoms with Crippen molar-refractivity contribution in [1.29, 1.82) is 0 Å². The van der Waals surface area contributed by atoms with Crippen LogP contribution >= 0.6 is 0 Å². The Hall–Kier alpha value is -1.79. The van der Waals surface area contributed by atoms with Gasteiger partial charge in [-0.25, -0.2) is 4.79 Å². The summed E-state index contributed by atoms with van der Waals surface area (Å²) in [5.41, 5.74) is 0. The summed E-state index contributed by atoms with van der Waals surface area (Å²) in [5.74, 6) is -0.575. The first-order valence-electron chi connectivity index (χ1n) is 4.99. The number of amides is 2. The summed E-state index contributed by atoms with van der Waals surface area (Å²) < 4.78 is 4.77. The Morgan fingerprint density at radius 2 is 1.94 bits per heavy atom. The van der Waals surface area contributed by atoms with Gasteiger partial charge in [0.1, 0.15) is 0 Å². The van der Waals surface area contributed by atoms with Gasteiger partial charge in [-0.1, -0.05) is 0 Å². The van der Waals surface area contributed by atoms with E-state index in [0.29, 0.717) is 13.1 Å². The summed E-state index contributed by atoms with van der Waals surface area (Å²) in [7, 11) is 2.70. The Bertz CT molecular complexity index is 297. The van der Waals surface area contributed by atoms with Crippen molar-refractivity contribution in [2.24, 2.45) is 5.16 Å². The van der Waals surface area contributed by atoms with Crippen molar-refractivity contribution in [3.05, 3.63) is 0 Å². The number of oxime groups is 1. The van der Waals surface area contributed by atoms with E-state index in [-0.39, 0.29) is 11.8 Å².